The van der Waals surface area contributed by atoms with E-state index in [0.717, 1.165) is 10.1 Å². The number of rotatable bonds is 5. The lowest BCUT2D eigenvalue weighted by atomic mass is 10.2. The molecule has 1 amide bonds. The Morgan fingerprint density at radius 1 is 1.00 bits per heavy atom. The van der Waals surface area contributed by atoms with Crippen molar-refractivity contribution in [3.8, 4) is 0 Å². The summed E-state index contributed by atoms with van der Waals surface area (Å²) < 4.78 is 15.6. The van der Waals surface area contributed by atoms with Crippen LogP contribution in [0, 0.1) is 12.7 Å². The Labute approximate surface area is 187 Å². The van der Waals surface area contributed by atoms with Crippen molar-refractivity contribution in [3.05, 3.63) is 110 Å². The Balaban J connectivity index is 1.75. The number of aromatic nitrogens is 2. The molecule has 1 heterocycles. The number of nitrogens with one attached hydrogen (secondary N) is 1. The zero-order valence-corrected chi connectivity index (χ0v) is 17.9. The summed E-state index contributed by atoms with van der Waals surface area (Å²) in [4.78, 5) is 39.0. The number of hydrogen-bond donors (Lipinski definition) is 1. The first-order valence-electron chi connectivity index (χ1n) is 9.86. The minimum atomic E-state index is -0.629. The van der Waals surface area contributed by atoms with Crippen LogP contribution in [0.1, 0.15) is 11.1 Å². The third-order valence-corrected chi connectivity index (χ3v) is 5.40. The van der Waals surface area contributed by atoms with Gasteiger partial charge in [-0.15, -0.1) is 0 Å². The topological polar surface area (TPSA) is 73.1 Å². The molecule has 162 valence electrons. The van der Waals surface area contributed by atoms with E-state index < -0.39 is 23.0 Å². The molecule has 3 aromatic carbocycles. The summed E-state index contributed by atoms with van der Waals surface area (Å²) in [5, 5.41) is 3.55. The van der Waals surface area contributed by atoms with Crippen molar-refractivity contribution in [2.75, 3.05) is 5.32 Å². The molecule has 4 aromatic rings. The van der Waals surface area contributed by atoms with Crippen molar-refractivity contribution < 1.29 is 9.18 Å². The third-order valence-electron chi connectivity index (χ3n) is 5.16. The number of benzene rings is 3. The van der Waals surface area contributed by atoms with Crippen molar-refractivity contribution in [2.45, 2.75) is 20.0 Å². The number of aryl methyl sites for hydroxylation is 1. The number of hydrogen-bond acceptors (Lipinski definition) is 3. The molecule has 0 radical (unpaired) electrons. The van der Waals surface area contributed by atoms with Gasteiger partial charge in [0.2, 0.25) is 5.91 Å². The van der Waals surface area contributed by atoms with Crippen LogP contribution in [0.3, 0.4) is 0 Å². The van der Waals surface area contributed by atoms with Gasteiger partial charge < -0.3 is 5.32 Å². The van der Waals surface area contributed by atoms with Crippen LogP contribution in [0.15, 0.2) is 76.3 Å². The summed E-state index contributed by atoms with van der Waals surface area (Å²) in [7, 11) is 0. The summed E-state index contributed by atoms with van der Waals surface area (Å²) in [5.41, 5.74) is 1.20. The Kier molecular flexibility index (Phi) is 5.92. The molecule has 32 heavy (non-hydrogen) atoms. The Hall–Kier alpha value is -3.71. The Bertz CT molecular complexity index is 1440. The van der Waals surface area contributed by atoms with Crippen molar-refractivity contribution in [1.29, 1.82) is 0 Å². The predicted molar refractivity (Wildman–Crippen MR) is 123 cm³/mol. The van der Waals surface area contributed by atoms with E-state index in [0.29, 0.717) is 27.2 Å². The van der Waals surface area contributed by atoms with Gasteiger partial charge in [-0.25, -0.2) is 9.18 Å². The monoisotopic (exact) mass is 451 g/mol. The van der Waals surface area contributed by atoms with Crippen molar-refractivity contribution >= 4 is 34.1 Å². The van der Waals surface area contributed by atoms with E-state index in [4.69, 9.17) is 11.6 Å². The summed E-state index contributed by atoms with van der Waals surface area (Å²) >= 11 is 6.02. The van der Waals surface area contributed by atoms with Crippen LogP contribution in [0.25, 0.3) is 10.9 Å². The molecule has 0 aliphatic heterocycles. The molecule has 0 unspecified atom stereocenters. The fourth-order valence-electron chi connectivity index (χ4n) is 3.50. The van der Waals surface area contributed by atoms with Gasteiger partial charge in [-0.2, -0.15) is 0 Å². The minimum Gasteiger partial charge on any atom is -0.324 e. The van der Waals surface area contributed by atoms with E-state index in [2.05, 4.69) is 5.32 Å². The number of para-hydroxylation sites is 1. The molecule has 4 rings (SSSR count). The van der Waals surface area contributed by atoms with Crippen molar-refractivity contribution in [1.82, 2.24) is 9.13 Å². The number of carbonyl (C=O) groups is 1. The molecular weight excluding hydrogens is 433 g/mol. The maximum atomic E-state index is 13.2. The SMILES string of the molecule is Cc1ccc(Cl)cc1NC(=O)Cn1c(=O)n(Cc2ccc(F)cc2)c(=O)c2ccccc21. The van der Waals surface area contributed by atoms with Crippen molar-refractivity contribution in [3.63, 3.8) is 0 Å². The van der Waals surface area contributed by atoms with Crippen LogP contribution < -0.4 is 16.6 Å². The average molecular weight is 452 g/mol. The number of fused-ring (bicyclic) bond motifs is 1. The van der Waals surface area contributed by atoms with Crippen LogP contribution in [-0.4, -0.2) is 15.0 Å². The highest BCUT2D eigenvalue weighted by molar-refractivity contribution is 6.31. The third kappa shape index (κ3) is 4.33. The van der Waals surface area contributed by atoms with Gasteiger partial charge >= 0.3 is 5.69 Å². The lowest BCUT2D eigenvalue weighted by molar-refractivity contribution is -0.116. The zero-order valence-electron chi connectivity index (χ0n) is 17.1. The first-order valence-corrected chi connectivity index (χ1v) is 10.2. The van der Waals surface area contributed by atoms with Gasteiger partial charge in [0, 0.05) is 10.7 Å². The molecule has 0 saturated heterocycles. The quantitative estimate of drug-likeness (QED) is 0.499. The molecule has 0 bridgehead atoms. The van der Waals surface area contributed by atoms with Gasteiger partial charge in [-0.1, -0.05) is 41.9 Å². The van der Waals surface area contributed by atoms with Gasteiger partial charge in [0.25, 0.3) is 5.56 Å². The Morgan fingerprint density at radius 3 is 2.47 bits per heavy atom. The van der Waals surface area contributed by atoms with Gasteiger partial charge in [0.15, 0.2) is 0 Å². The maximum Gasteiger partial charge on any atom is 0.332 e. The number of nitrogens with zero attached hydrogens (tertiary/aromatic N) is 2. The van der Waals surface area contributed by atoms with Crippen molar-refractivity contribution in [2.24, 2.45) is 0 Å². The summed E-state index contributed by atoms with van der Waals surface area (Å²) in [6.07, 6.45) is 0. The lowest BCUT2D eigenvalue weighted by Crippen LogP contribution is -2.42. The molecular formula is C24H19ClFN3O3. The maximum absolute atomic E-state index is 13.2. The van der Waals surface area contributed by atoms with E-state index in [9.17, 15) is 18.8 Å². The van der Waals surface area contributed by atoms with Crippen LogP contribution in [-0.2, 0) is 17.9 Å². The molecule has 0 aliphatic rings. The molecule has 1 aromatic heterocycles. The van der Waals surface area contributed by atoms with E-state index in [1.165, 1.54) is 28.8 Å². The van der Waals surface area contributed by atoms with Crippen LogP contribution in [0.4, 0.5) is 10.1 Å². The second-order valence-corrected chi connectivity index (χ2v) is 7.85. The van der Waals surface area contributed by atoms with E-state index in [1.54, 1.807) is 42.5 Å². The van der Waals surface area contributed by atoms with Crippen LogP contribution >= 0.6 is 11.6 Å². The van der Waals surface area contributed by atoms with E-state index in [-0.39, 0.29) is 13.1 Å². The zero-order chi connectivity index (χ0) is 22.8. The standard InChI is InChI=1S/C24H19ClFN3O3/c1-15-6-9-17(25)12-20(15)27-22(30)14-28-21-5-3-2-4-19(21)23(31)29(24(28)32)13-16-7-10-18(26)11-8-16/h2-12H,13-14H2,1H3,(H,27,30). The lowest BCUT2D eigenvalue weighted by Gasteiger charge is -2.15. The van der Waals surface area contributed by atoms with Gasteiger partial charge in [0.05, 0.1) is 17.4 Å². The van der Waals surface area contributed by atoms with Crippen LogP contribution in [0.5, 0.6) is 0 Å². The molecule has 0 atom stereocenters. The first kappa shape index (κ1) is 21.5. The number of halogens is 2. The van der Waals surface area contributed by atoms with Crippen LogP contribution in [0.2, 0.25) is 5.02 Å². The van der Waals surface area contributed by atoms with E-state index >= 15 is 0 Å². The second-order valence-electron chi connectivity index (χ2n) is 7.41. The molecule has 0 fully saturated rings. The van der Waals surface area contributed by atoms with E-state index in [1.807, 2.05) is 6.92 Å². The highest BCUT2D eigenvalue weighted by Crippen LogP contribution is 2.20. The molecule has 0 saturated carbocycles. The highest BCUT2D eigenvalue weighted by Gasteiger charge is 2.16. The number of anilines is 1. The van der Waals surface area contributed by atoms with Gasteiger partial charge in [0.1, 0.15) is 12.4 Å². The van der Waals surface area contributed by atoms with Gasteiger partial charge in [-0.05, 0) is 54.4 Å². The molecule has 0 spiro atoms. The number of carbonyl (C=O) groups excluding carboxylic acids is 1. The molecule has 1 N–H and O–H groups in total. The molecule has 8 heteroatoms. The second kappa shape index (κ2) is 8.80. The summed E-state index contributed by atoms with van der Waals surface area (Å²) in [5.74, 6) is -0.848. The Morgan fingerprint density at radius 2 is 1.72 bits per heavy atom. The average Bonchev–Trinajstić information content (AvgIpc) is 2.78. The van der Waals surface area contributed by atoms with Gasteiger partial charge in [-0.3, -0.25) is 18.7 Å². The predicted octanol–water partition coefficient (Wildman–Crippen LogP) is 3.95. The molecule has 6 nitrogen and oxygen atoms in total. The largest absolute Gasteiger partial charge is 0.332 e. The summed E-state index contributed by atoms with van der Waals surface area (Å²) in [6.45, 7) is 1.49. The summed E-state index contributed by atoms with van der Waals surface area (Å²) in [6, 6.07) is 17.3. The highest BCUT2D eigenvalue weighted by atomic mass is 35.5. The number of amides is 1. The fraction of sp³-hybridized carbons (Fsp3) is 0.125. The molecule has 0 aliphatic carbocycles. The normalized spacial score (nSPS) is 11.0. The minimum absolute atomic E-state index is 0.0438. The first-order chi connectivity index (χ1) is 15.3. The fourth-order valence-corrected chi connectivity index (χ4v) is 3.67. The smallest absolute Gasteiger partial charge is 0.324 e.